The molecule has 0 aliphatic carbocycles. The van der Waals surface area contributed by atoms with Crippen molar-refractivity contribution in [2.45, 2.75) is 36.5 Å². The number of anilines is 2. The maximum absolute atomic E-state index is 12.7. The molecule has 0 saturated carbocycles. The highest BCUT2D eigenvalue weighted by Gasteiger charge is 2.20. The third-order valence-electron chi connectivity index (χ3n) is 4.65. The van der Waals surface area contributed by atoms with Crippen LogP contribution in [0.5, 0.6) is 0 Å². The molecule has 1 heterocycles. The van der Waals surface area contributed by atoms with Gasteiger partial charge in [-0.05, 0) is 49.2 Å². The second-order valence-electron chi connectivity index (χ2n) is 6.67. The van der Waals surface area contributed by atoms with Gasteiger partial charge in [0.1, 0.15) is 0 Å². The maximum atomic E-state index is 12.7. The Morgan fingerprint density at radius 1 is 1.21 bits per heavy atom. The molecule has 0 bridgehead atoms. The number of nitrogens with one attached hydrogen (secondary N) is 2. The first kappa shape index (κ1) is 20.4. The quantitative estimate of drug-likeness (QED) is 0.775. The molecule has 28 heavy (non-hydrogen) atoms. The summed E-state index contributed by atoms with van der Waals surface area (Å²) in [6.45, 7) is 3.86. The summed E-state index contributed by atoms with van der Waals surface area (Å²) in [5, 5.41) is 5.52. The highest BCUT2D eigenvalue weighted by molar-refractivity contribution is 7.99. The van der Waals surface area contributed by atoms with Gasteiger partial charge in [-0.25, -0.2) is 8.42 Å². The molecule has 2 aromatic carbocycles. The van der Waals surface area contributed by atoms with Crippen LogP contribution in [0.2, 0.25) is 0 Å². The molecule has 0 unspecified atom stereocenters. The molecule has 8 heteroatoms. The van der Waals surface area contributed by atoms with E-state index in [2.05, 4.69) is 10.6 Å². The van der Waals surface area contributed by atoms with Gasteiger partial charge in [0, 0.05) is 29.2 Å². The number of sulfone groups is 1. The first-order chi connectivity index (χ1) is 13.3. The molecule has 0 radical (unpaired) electrons. The molecular weight excluding hydrogens is 396 g/mol. The number of amides is 2. The van der Waals surface area contributed by atoms with E-state index in [-0.39, 0.29) is 28.9 Å². The Morgan fingerprint density at radius 3 is 2.79 bits per heavy atom. The van der Waals surface area contributed by atoms with E-state index >= 15 is 0 Å². The first-order valence-corrected chi connectivity index (χ1v) is 11.6. The molecule has 148 valence electrons. The molecule has 0 spiro atoms. The third kappa shape index (κ3) is 4.74. The van der Waals surface area contributed by atoms with Gasteiger partial charge in [0.15, 0.2) is 9.84 Å². The van der Waals surface area contributed by atoms with E-state index in [1.165, 1.54) is 23.9 Å². The molecule has 2 N–H and O–H groups in total. The van der Waals surface area contributed by atoms with Crippen LogP contribution in [0.4, 0.5) is 11.4 Å². The van der Waals surface area contributed by atoms with Crippen LogP contribution in [-0.2, 0) is 19.4 Å². The van der Waals surface area contributed by atoms with E-state index in [4.69, 9.17) is 0 Å². The van der Waals surface area contributed by atoms with E-state index in [9.17, 15) is 18.0 Å². The average Bonchev–Trinajstić information content (AvgIpc) is 2.83. The number of aryl methyl sites for hydroxylation is 1. The van der Waals surface area contributed by atoms with Crippen LogP contribution in [0.3, 0.4) is 0 Å². The molecule has 0 atom stereocenters. The molecule has 1 aliphatic heterocycles. The van der Waals surface area contributed by atoms with Crippen molar-refractivity contribution in [1.29, 1.82) is 0 Å². The van der Waals surface area contributed by atoms with Crippen LogP contribution in [0.1, 0.15) is 24.0 Å². The van der Waals surface area contributed by atoms with Crippen LogP contribution in [0, 0.1) is 13.8 Å². The molecule has 3 rings (SSSR count). The number of thioether (sulfide) groups is 1. The van der Waals surface area contributed by atoms with Crippen LogP contribution in [-0.4, -0.2) is 31.7 Å². The third-order valence-corrected chi connectivity index (χ3v) is 7.44. The van der Waals surface area contributed by atoms with Crippen LogP contribution < -0.4 is 10.6 Å². The number of fused-ring (bicyclic) bond motifs is 1. The Kier molecular flexibility index (Phi) is 6.10. The van der Waals surface area contributed by atoms with Gasteiger partial charge in [-0.3, -0.25) is 9.59 Å². The summed E-state index contributed by atoms with van der Waals surface area (Å²) >= 11 is 1.51. The Labute approximate surface area is 169 Å². The number of hydrogen-bond donors (Lipinski definition) is 2. The van der Waals surface area contributed by atoms with E-state index in [0.717, 1.165) is 16.0 Å². The Morgan fingerprint density at radius 2 is 2.00 bits per heavy atom. The lowest BCUT2D eigenvalue weighted by Gasteiger charge is -2.11. The predicted octanol–water partition coefficient (Wildman–Crippen LogP) is 3.54. The summed E-state index contributed by atoms with van der Waals surface area (Å²) in [5.41, 5.74) is 3.20. The number of hydrogen-bond acceptors (Lipinski definition) is 5. The highest BCUT2D eigenvalue weighted by Crippen LogP contribution is 2.33. The minimum absolute atomic E-state index is 0.105. The fourth-order valence-electron chi connectivity index (χ4n) is 2.84. The lowest BCUT2D eigenvalue weighted by molar-refractivity contribution is -0.116. The zero-order chi connectivity index (χ0) is 20.3. The average molecular weight is 419 g/mol. The van der Waals surface area contributed by atoms with Gasteiger partial charge < -0.3 is 10.6 Å². The number of benzene rings is 2. The fourth-order valence-corrected chi connectivity index (χ4v) is 5.04. The SMILES string of the molecule is Cc1cccc(NC(=O)CCS(=O)(=O)c2ccc3c(c2)NC(=O)CCS3)c1C. The van der Waals surface area contributed by atoms with Crippen LogP contribution in [0.15, 0.2) is 46.2 Å². The van der Waals surface area contributed by atoms with Crippen molar-refractivity contribution in [3.63, 3.8) is 0 Å². The summed E-state index contributed by atoms with van der Waals surface area (Å²) < 4.78 is 25.3. The molecule has 0 saturated heterocycles. The van der Waals surface area contributed by atoms with Crippen molar-refractivity contribution in [1.82, 2.24) is 0 Å². The number of rotatable bonds is 5. The summed E-state index contributed by atoms with van der Waals surface area (Å²) in [6.07, 6.45) is 0.244. The van der Waals surface area contributed by atoms with Gasteiger partial charge in [-0.15, -0.1) is 11.8 Å². The van der Waals surface area contributed by atoms with E-state index in [1.54, 1.807) is 12.1 Å². The molecule has 0 fully saturated rings. The van der Waals surface area contributed by atoms with Crippen molar-refractivity contribution in [2.24, 2.45) is 0 Å². The number of carbonyl (C=O) groups is 2. The molecule has 2 aromatic rings. The van der Waals surface area contributed by atoms with Crippen LogP contribution in [0.25, 0.3) is 0 Å². The van der Waals surface area contributed by atoms with Gasteiger partial charge in [0.05, 0.1) is 16.3 Å². The zero-order valence-corrected chi connectivity index (χ0v) is 17.4. The van der Waals surface area contributed by atoms with E-state index in [0.29, 0.717) is 23.5 Å². The van der Waals surface area contributed by atoms with Crippen molar-refractivity contribution in [3.8, 4) is 0 Å². The smallest absolute Gasteiger partial charge is 0.225 e. The lowest BCUT2D eigenvalue weighted by atomic mass is 10.1. The Bertz CT molecular complexity index is 1030. The Hall–Kier alpha value is -2.32. The summed E-state index contributed by atoms with van der Waals surface area (Å²) in [4.78, 5) is 24.9. The second kappa shape index (κ2) is 8.36. The van der Waals surface area contributed by atoms with Crippen molar-refractivity contribution in [3.05, 3.63) is 47.5 Å². The lowest BCUT2D eigenvalue weighted by Crippen LogP contribution is -2.18. The first-order valence-electron chi connectivity index (χ1n) is 8.92. The molecule has 1 aliphatic rings. The van der Waals surface area contributed by atoms with Gasteiger partial charge >= 0.3 is 0 Å². The monoisotopic (exact) mass is 418 g/mol. The van der Waals surface area contributed by atoms with Gasteiger partial charge in [-0.1, -0.05) is 12.1 Å². The number of carbonyl (C=O) groups excluding carboxylic acids is 2. The van der Waals surface area contributed by atoms with Gasteiger partial charge in [0.2, 0.25) is 11.8 Å². The fraction of sp³-hybridized carbons (Fsp3) is 0.300. The normalized spacial score (nSPS) is 14.0. The van der Waals surface area contributed by atoms with Crippen molar-refractivity contribution in [2.75, 3.05) is 22.1 Å². The summed E-state index contributed by atoms with van der Waals surface area (Å²) in [6, 6.07) is 10.3. The molecule has 0 aromatic heterocycles. The molecular formula is C20H22N2O4S2. The van der Waals surface area contributed by atoms with Crippen molar-refractivity contribution < 1.29 is 18.0 Å². The van der Waals surface area contributed by atoms with Gasteiger partial charge in [-0.2, -0.15) is 0 Å². The predicted molar refractivity (Wildman–Crippen MR) is 112 cm³/mol. The van der Waals surface area contributed by atoms with Crippen molar-refractivity contribution >= 4 is 44.8 Å². The van der Waals surface area contributed by atoms with Gasteiger partial charge in [0.25, 0.3) is 0 Å². The Balaban J connectivity index is 1.69. The minimum atomic E-state index is -3.65. The maximum Gasteiger partial charge on any atom is 0.225 e. The topological polar surface area (TPSA) is 92.3 Å². The van der Waals surface area contributed by atoms with Crippen LogP contribution >= 0.6 is 11.8 Å². The second-order valence-corrected chi connectivity index (χ2v) is 9.92. The minimum Gasteiger partial charge on any atom is -0.326 e. The summed E-state index contributed by atoms with van der Waals surface area (Å²) in [5.74, 6) is -0.128. The zero-order valence-electron chi connectivity index (χ0n) is 15.7. The van der Waals surface area contributed by atoms with E-state index in [1.807, 2.05) is 26.0 Å². The molecule has 2 amide bonds. The molecule has 6 nitrogen and oxygen atoms in total. The summed E-state index contributed by atoms with van der Waals surface area (Å²) in [7, 11) is -3.65. The standard InChI is InChI=1S/C20H22N2O4S2/c1-13-4-3-5-16(14(13)2)21-20(24)9-11-28(25,26)15-6-7-18-17(12-15)22-19(23)8-10-27-18/h3-7,12H,8-11H2,1-2H3,(H,21,24)(H,22,23). The highest BCUT2D eigenvalue weighted by atomic mass is 32.2. The largest absolute Gasteiger partial charge is 0.326 e. The van der Waals surface area contributed by atoms with E-state index < -0.39 is 9.84 Å².